The number of hydrogen-bond acceptors (Lipinski definition) is 4. The Morgan fingerprint density at radius 3 is 2.61 bits per heavy atom. The fraction of sp³-hybridized carbons (Fsp3) is 0.364. The monoisotopic (exact) mass is 260 g/mol. The van der Waals surface area contributed by atoms with Gasteiger partial charge in [0.25, 0.3) is 0 Å². The van der Waals surface area contributed by atoms with Gasteiger partial charge in [0.2, 0.25) is 0 Å². The summed E-state index contributed by atoms with van der Waals surface area (Å²) in [6, 6.07) is 6.32. The fourth-order valence-electron chi connectivity index (χ4n) is 1.16. The number of halogens is 3. The van der Waals surface area contributed by atoms with E-state index in [1.54, 1.807) is 0 Å². The van der Waals surface area contributed by atoms with Crippen LogP contribution >= 0.6 is 0 Å². The van der Waals surface area contributed by atoms with E-state index >= 15 is 0 Å². The maximum absolute atomic E-state index is 11.7. The van der Waals surface area contributed by atoms with Crippen LogP contribution in [0.1, 0.15) is 5.56 Å². The number of nitrogen functional groups attached to an aromatic ring is 1. The van der Waals surface area contributed by atoms with Gasteiger partial charge >= 0.3 is 6.18 Å². The molecule has 0 saturated heterocycles. The topological polar surface area (TPSA) is 68.3 Å². The highest BCUT2D eigenvalue weighted by Gasteiger charge is 2.27. The number of anilines is 1. The number of nitrogens with two attached hydrogens (primary N) is 1. The Morgan fingerprint density at radius 1 is 1.28 bits per heavy atom. The van der Waals surface area contributed by atoms with Crippen molar-refractivity contribution >= 4 is 5.69 Å². The molecule has 0 heterocycles. The van der Waals surface area contributed by atoms with E-state index < -0.39 is 12.8 Å². The lowest BCUT2D eigenvalue weighted by Crippen LogP contribution is -2.19. The van der Waals surface area contributed by atoms with E-state index in [0.717, 1.165) is 0 Å². The van der Waals surface area contributed by atoms with Crippen molar-refractivity contribution in [3.8, 4) is 11.8 Å². The predicted octanol–water partition coefficient (Wildman–Crippen LogP) is 2.10. The second-order valence-electron chi connectivity index (χ2n) is 3.38. The van der Waals surface area contributed by atoms with Crippen molar-refractivity contribution in [3.63, 3.8) is 0 Å². The zero-order chi connectivity index (χ0) is 13.6. The zero-order valence-electron chi connectivity index (χ0n) is 9.33. The van der Waals surface area contributed by atoms with Gasteiger partial charge in [-0.1, -0.05) is 0 Å². The first kappa shape index (κ1) is 14.1. The Kier molecular flexibility index (Phi) is 4.80. The van der Waals surface area contributed by atoms with Crippen molar-refractivity contribution in [1.29, 1.82) is 5.26 Å². The highest BCUT2D eigenvalue weighted by molar-refractivity contribution is 5.53. The summed E-state index contributed by atoms with van der Waals surface area (Å²) in [5.74, 6) is 0.266. The van der Waals surface area contributed by atoms with Gasteiger partial charge in [-0.05, 0) is 18.2 Å². The number of benzene rings is 1. The summed E-state index contributed by atoms with van der Waals surface area (Å²) < 4.78 is 44.7. The fourth-order valence-corrected chi connectivity index (χ4v) is 1.16. The zero-order valence-corrected chi connectivity index (χ0v) is 9.33. The van der Waals surface area contributed by atoms with Crippen molar-refractivity contribution in [2.45, 2.75) is 6.18 Å². The molecular formula is C11H11F3N2O2. The SMILES string of the molecule is N#Cc1cc(N)ccc1OCCOCC(F)(F)F. The highest BCUT2D eigenvalue weighted by atomic mass is 19.4. The van der Waals surface area contributed by atoms with E-state index in [9.17, 15) is 13.2 Å². The number of nitriles is 1. The van der Waals surface area contributed by atoms with Gasteiger partial charge in [-0.15, -0.1) is 0 Å². The molecule has 2 N–H and O–H groups in total. The minimum absolute atomic E-state index is 0.0747. The third-order valence-electron chi connectivity index (χ3n) is 1.88. The predicted molar refractivity (Wildman–Crippen MR) is 57.9 cm³/mol. The van der Waals surface area contributed by atoms with Gasteiger partial charge in [0, 0.05) is 5.69 Å². The molecule has 1 rings (SSSR count). The molecule has 0 saturated carbocycles. The molecule has 0 atom stereocenters. The molecule has 0 aliphatic carbocycles. The maximum Gasteiger partial charge on any atom is 0.411 e. The van der Waals surface area contributed by atoms with Gasteiger partial charge in [-0.2, -0.15) is 18.4 Å². The number of nitrogens with zero attached hydrogens (tertiary/aromatic N) is 1. The van der Waals surface area contributed by atoms with E-state index in [1.165, 1.54) is 18.2 Å². The molecule has 1 aromatic carbocycles. The van der Waals surface area contributed by atoms with Crippen LogP contribution in [0.5, 0.6) is 5.75 Å². The van der Waals surface area contributed by atoms with E-state index in [0.29, 0.717) is 5.69 Å². The molecule has 0 radical (unpaired) electrons. The quantitative estimate of drug-likeness (QED) is 0.650. The van der Waals surface area contributed by atoms with Crippen LogP contribution in [0.4, 0.5) is 18.9 Å². The van der Waals surface area contributed by atoms with E-state index in [-0.39, 0.29) is 24.5 Å². The molecule has 4 nitrogen and oxygen atoms in total. The van der Waals surface area contributed by atoms with Gasteiger partial charge in [-0.3, -0.25) is 0 Å². The molecule has 18 heavy (non-hydrogen) atoms. The normalized spacial score (nSPS) is 11.0. The molecule has 0 aliphatic heterocycles. The summed E-state index contributed by atoms with van der Waals surface area (Å²) in [4.78, 5) is 0. The van der Waals surface area contributed by atoms with Crippen LogP contribution < -0.4 is 10.5 Å². The summed E-state index contributed by atoms with van der Waals surface area (Å²) >= 11 is 0. The van der Waals surface area contributed by atoms with Crippen molar-refractivity contribution in [1.82, 2.24) is 0 Å². The first-order valence-electron chi connectivity index (χ1n) is 4.99. The first-order valence-corrected chi connectivity index (χ1v) is 4.99. The Labute approximate surface area is 102 Å². The molecular weight excluding hydrogens is 249 g/mol. The molecule has 98 valence electrons. The second-order valence-corrected chi connectivity index (χ2v) is 3.38. The molecule has 0 aromatic heterocycles. The molecule has 1 aromatic rings. The Morgan fingerprint density at radius 2 is 2.00 bits per heavy atom. The third-order valence-corrected chi connectivity index (χ3v) is 1.88. The lowest BCUT2D eigenvalue weighted by Gasteiger charge is -2.10. The Hall–Kier alpha value is -1.94. The van der Waals surface area contributed by atoms with Crippen LogP contribution in [0, 0.1) is 11.3 Å². The number of ether oxygens (including phenoxy) is 2. The molecule has 0 fully saturated rings. The minimum Gasteiger partial charge on any atom is -0.490 e. The minimum atomic E-state index is -4.35. The number of hydrogen-bond donors (Lipinski definition) is 1. The van der Waals surface area contributed by atoms with Gasteiger partial charge < -0.3 is 15.2 Å². The average molecular weight is 260 g/mol. The van der Waals surface area contributed by atoms with Crippen molar-refractivity contribution in [2.24, 2.45) is 0 Å². The number of alkyl halides is 3. The van der Waals surface area contributed by atoms with Crippen LogP contribution in [-0.4, -0.2) is 26.0 Å². The standard InChI is InChI=1S/C11H11F3N2O2/c12-11(13,14)7-17-3-4-18-10-2-1-9(16)5-8(10)6-15/h1-2,5H,3-4,7,16H2. The average Bonchev–Trinajstić information content (AvgIpc) is 2.28. The van der Waals surface area contributed by atoms with E-state index in [1.807, 2.05) is 6.07 Å². The van der Waals surface area contributed by atoms with Crippen LogP contribution in [-0.2, 0) is 4.74 Å². The van der Waals surface area contributed by atoms with Gasteiger partial charge in [0.15, 0.2) is 0 Å². The highest BCUT2D eigenvalue weighted by Crippen LogP contribution is 2.20. The van der Waals surface area contributed by atoms with Crippen LogP contribution in [0.3, 0.4) is 0 Å². The van der Waals surface area contributed by atoms with Crippen molar-refractivity contribution in [3.05, 3.63) is 23.8 Å². The summed E-state index contributed by atoms with van der Waals surface area (Å²) in [6.45, 7) is -1.60. The Balaban J connectivity index is 2.38. The van der Waals surface area contributed by atoms with Crippen LogP contribution in [0.2, 0.25) is 0 Å². The summed E-state index contributed by atoms with van der Waals surface area (Å²) in [6.07, 6.45) is -4.35. The van der Waals surface area contributed by atoms with E-state index in [2.05, 4.69) is 4.74 Å². The largest absolute Gasteiger partial charge is 0.490 e. The summed E-state index contributed by atoms with van der Waals surface area (Å²) in [7, 11) is 0. The smallest absolute Gasteiger partial charge is 0.411 e. The number of rotatable bonds is 5. The van der Waals surface area contributed by atoms with Crippen molar-refractivity contribution < 1.29 is 22.6 Å². The molecule has 0 spiro atoms. The molecule has 0 amide bonds. The first-order chi connectivity index (χ1) is 8.42. The van der Waals surface area contributed by atoms with Gasteiger partial charge in [0.05, 0.1) is 12.2 Å². The third kappa shape index (κ3) is 4.93. The lowest BCUT2D eigenvalue weighted by atomic mass is 10.2. The molecule has 0 bridgehead atoms. The van der Waals surface area contributed by atoms with Gasteiger partial charge in [-0.25, -0.2) is 0 Å². The molecule has 7 heteroatoms. The van der Waals surface area contributed by atoms with Crippen LogP contribution in [0.25, 0.3) is 0 Å². The van der Waals surface area contributed by atoms with E-state index in [4.69, 9.17) is 15.7 Å². The Bertz CT molecular complexity index is 441. The summed E-state index contributed by atoms with van der Waals surface area (Å²) in [5, 5.41) is 8.79. The summed E-state index contributed by atoms with van der Waals surface area (Å²) in [5.41, 5.74) is 6.11. The lowest BCUT2D eigenvalue weighted by molar-refractivity contribution is -0.175. The molecule has 0 aliphatic rings. The van der Waals surface area contributed by atoms with Gasteiger partial charge in [0.1, 0.15) is 25.0 Å². The van der Waals surface area contributed by atoms with Crippen LogP contribution in [0.15, 0.2) is 18.2 Å². The van der Waals surface area contributed by atoms with Crippen molar-refractivity contribution in [2.75, 3.05) is 25.6 Å². The second kappa shape index (κ2) is 6.12. The maximum atomic E-state index is 11.7. The molecule has 0 unspecified atom stereocenters.